The molecule has 0 aromatic carbocycles. The molecule has 9 nitrogen and oxygen atoms in total. The standard InChI is InChI=1S/3C4H8O3.Y/c3*1-3(5)4(6)7-2;/h3*3,5H,1-2H3;. The Morgan fingerprint density at radius 2 is 0.773 bits per heavy atom. The predicted molar refractivity (Wildman–Crippen MR) is 71.1 cm³/mol. The molecule has 0 aliphatic carbocycles. The molecule has 22 heavy (non-hydrogen) atoms. The summed E-state index contributed by atoms with van der Waals surface area (Å²) in [4.78, 5) is 30.1. The third-order valence-corrected chi connectivity index (χ3v) is 1.63. The minimum Gasteiger partial charge on any atom is -0.467 e. The van der Waals surface area contributed by atoms with Gasteiger partial charge in [-0.1, -0.05) is 0 Å². The van der Waals surface area contributed by atoms with Crippen LogP contribution in [0, 0.1) is 0 Å². The molecule has 0 amide bonds. The van der Waals surface area contributed by atoms with Crippen molar-refractivity contribution in [3.8, 4) is 0 Å². The maximum Gasteiger partial charge on any atom is 0.334 e. The molecule has 0 spiro atoms. The maximum absolute atomic E-state index is 10.0. The third kappa shape index (κ3) is 21.7. The Bertz CT molecular complexity index is 255. The van der Waals surface area contributed by atoms with E-state index in [4.69, 9.17) is 15.3 Å². The van der Waals surface area contributed by atoms with Crippen LogP contribution in [0.4, 0.5) is 0 Å². The molecule has 0 rings (SSSR count). The topological polar surface area (TPSA) is 140 Å². The number of aliphatic hydroxyl groups excluding tert-OH is 3. The van der Waals surface area contributed by atoms with Gasteiger partial charge in [-0.15, -0.1) is 0 Å². The van der Waals surface area contributed by atoms with Crippen LogP contribution >= 0.6 is 0 Å². The van der Waals surface area contributed by atoms with Crippen molar-refractivity contribution >= 4 is 17.9 Å². The number of carbonyl (C=O) groups is 3. The van der Waals surface area contributed by atoms with Gasteiger partial charge in [-0.3, -0.25) is 0 Å². The minimum atomic E-state index is -0.995. The number of hydrogen-bond donors (Lipinski definition) is 3. The van der Waals surface area contributed by atoms with E-state index in [9.17, 15) is 14.4 Å². The van der Waals surface area contributed by atoms with E-state index in [2.05, 4.69) is 14.2 Å². The van der Waals surface area contributed by atoms with Gasteiger partial charge in [-0.05, 0) is 20.8 Å². The first-order valence-electron chi connectivity index (χ1n) is 5.82. The summed E-state index contributed by atoms with van der Waals surface area (Å²) in [6, 6.07) is 0. The Labute approximate surface area is 154 Å². The fourth-order valence-electron chi connectivity index (χ4n) is 0.512. The second kappa shape index (κ2) is 18.4. The Balaban J connectivity index is -0.000000108. The van der Waals surface area contributed by atoms with Crippen molar-refractivity contribution in [3.63, 3.8) is 0 Å². The molecule has 1 radical (unpaired) electrons. The van der Waals surface area contributed by atoms with Gasteiger partial charge in [0.05, 0.1) is 21.3 Å². The summed E-state index contributed by atoms with van der Waals surface area (Å²) in [6.07, 6.45) is -2.99. The third-order valence-electron chi connectivity index (χ3n) is 1.63. The molecule has 129 valence electrons. The summed E-state index contributed by atoms with van der Waals surface area (Å²) < 4.78 is 12.4. The van der Waals surface area contributed by atoms with Crippen LogP contribution < -0.4 is 0 Å². The van der Waals surface area contributed by atoms with Gasteiger partial charge in [0.15, 0.2) is 0 Å². The molecule has 0 saturated heterocycles. The molecule has 3 atom stereocenters. The molecule has 3 N–H and O–H groups in total. The molecule has 0 fully saturated rings. The Kier molecular flexibility index (Phi) is 24.7. The van der Waals surface area contributed by atoms with Crippen LogP contribution in [0.25, 0.3) is 0 Å². The average Bonchev–Trinajstić information content (AvgIpc) is 2.45. The van der Waals surface area contributed by atoms with Gasteiger partial charge in [0.1, 0.15) is 18.3 Å². The molecule has 3 unspecified atom stereocenters. The molecule has 10 heteroatoms. The van der Waals surface area contributed by atoms with Crippen molar-refractivity contribution in [1.82, 2.24) is 0 Å². The summed E-state index contributed by atoms with van der Waals surface area (Å²) in [7, 11) is 3.69. The van der Waals surface area contributed by atoms with Gasteiger partial charge < -0.3 is 29.5 Å². The normalized spacial score (nSPS) is 12.4. The summed E-state index contributed by atoms with van der Waals surface area (Å²) in [5.74, 6) is -1.79. The maximum atomic E-state index is 10.0. The first kappa shape index (κ1) is 29.4. The fourth-order valence-corrected chi connectivity index (χ4v) is 0.512. The van der Waals surface area contributed by atoms with E-state index in [-0.39, 0.29) is 32.7 Å². The van der Waals surface area contributed by atoms with E-state index in [1.165, 1.54) is 42.1 Å². The Morgan fingerprint density at radius 3 is 0.773 bits per heavy atom. The average molecular weight is 401 g/mol. The van der Waals surface area contributed by atoms with Crippen LogP contribution in [-0.4, -0.2) is 72.9 Å². The van der Waals surface area contributed by atoms with Crippen LogP contribution in [0.2, 0.25) is 0 Å². The number of esters is 3. The molecular formula is C12H24O9Y. The fraction of sp³-hybridized carbons (Fsp3) is 0.750. The van der Waals surface area contributed by atoms with Crippen LogP contribution in [0.3, 0.4) is 0 Å². The van der Waals surface area contributed by atoms with Crippen LogP contribution in [-0.2, 0) is 61.3 Å². The zero-order valence-electron chi connectivity index (χ0n) is 13.6. The van der Waals surface area contributed by atoms with Crippen LogP contribution in [0.1, 0.15) is 20.8 Å². The van der Waals surface area contributed by atoms with E-state index >= 15 is 0 Å². The second-order valence-corrected chi connectivity index (χ2v) is 3.60. The largest absolute Gasteiger partial charge is 0.467 e. The number of methoxy groups -OCH3 is 3. The van der Waals surface area contributed by atoms with E-state index in [1.807, 2.05) is 0 Å². The Morgan fingerprint density at radius 1 is 0.636 bits per heavy atom. The smallest absolute Gasteiger partial charge is 0.334 e. The number of ether oxygens (including phenoxy) is 3. The van der Waals surface area contributed by atoms with Crippen LogP contribution in [0.15, 0.2) is 0 Å². The predicted octanol–water partition coefficient (Wildman–Crippen LogP) is -1.38. The van der Waals surface area contributed by atoms with Crippen molar-refractivity contribution in [2.75, 3.05) is 21.3 Å². The molecule has 0 aromatic rings. The second-order valence-electron chi connectivity index (χ2n) is 3.60. The van der Waals surface area contributed by atoms with E-state index in [0.717, 1.165) is 0 Å². The van der Waals surface area contributed by atoms with Crippen molar-refractivity contribution in [2.24, 2.45) is 0 Å². The zero-order chi connectivity index (χ0) is 17.6. The summed E-state index contributed by atoms with van der Waals surface area (Å²) >= 11 is 0. The van der Waals surface area contributed by atoms with Gasteiger partial charge in [-0.25, -0.2) is 14.4 Å². The zero-order valence-corrected chi connectivity index (χ0v) is 16.4. The number of aliphatic hydroxyl groups is 3. The SMILES string of the molecule is COC(=O)C(C)O.COC(=O)C(C)O.COC(=O)C(C)O.[Y]. The van der Waals surface area contributed by atoms with Crippen molar-refractivity contribution in [1.29, 1.82) is 0 Å². The summed E-state index contributed by atoms with van der Waals surface area (Å²) in [6.45, 7) is 4.06. The monoisotopic (exact) mass is 401 g/mol. The first-order valence-corrected chi connectivity index (χ1v) is 5.82. The molecule has 0 saturated carbocycles. The molecule has 0 aliphatic heterocycles. The van der Waals surface area contributed by atoms with Gasteiger partial charge in [-0.2, -0.15) is 0 Å². The minimum absolute atomic E-state index is 0. The number of carbonyl (C=O) groups excluding carboxylic acids is 3. The summed E-state index contributed by atoms with van der Waals surface area (Å²) in [5.41, 5.74) is 0. The van der Waals surface area contributed by atoms with E-state index in [0.29, 0.717) is 0 Å². The van der Waals surface area contributed by atoms with E-state index in [1.54, 1.807) is 0 Å². The van der Waals surface area contributed by atoms with Crippen LogP contribution in [0.5, 0.6) is 0 Å². The van der Waals surface area contributed by atoms with Gasteiger partial charge in [0.25, 0.3) is 0 Å². The number of rotatable bonds is 3. The number of hydrogen-bond acceptors (Lipinski definition) is 9. The van der Waals surface area contributed by atoms with Crippen molar-refractivity contribution in [3.05, 3.63) is 0 Å². The molecule has 0 aromatic heterocycles. The molecule has 0 heterocycles. The first-order chi connectivity index (χ1) is 9.54. The van der Waals surface area contributed by atoms with E-state index < -0.39 is 36.2 Å². The van der Waals surface area contributed by atoms with Gasteiger partial charge in [0.2, 0.25) is 0 Å². The summed E-state index contributed by atoms with van der Waals surface area (Å²) in [5, 5.41) is 25.0. The Hall–Kier alpha value is -0.606. The molecule has 0 aliphatic rings. The van der Waals surface area contributed by atoms with Crippen molar-refractivity contribution in [2.45, 2.75) is 39.1 Å². The van der Waals surface area contributed by atoms with Gasteiger partial charge >= 0.3 is 17.9 Å². The van der Waals surface area contributed by atoms with Gasteiger partial charge in [0, 0.05) is 32.7 Å². The van der Waals surface area contributed by atoms with Crippen molar-refractivity contribution < 1.29 is 76.6 Å². The molecular weight excluding hydrogens is 377 g/mol. The molecule has 0 bridgehead atoms. The quantitative estimate of drug-likeness (QED) is 0.386.